The molecule has 2 aromatic heterocycles. The van der Waals surface area contributed by atoms with E-state index in [0.29, 0.717) is 36.1 Å². The third kappa shape index (κ3) is 3.35. The van der Waals surface area contributed by atoms with Crippen molar-refractivity contribution in [2.75, 3.05) is 13.1 Å². The number of carbonyl (C=O) groups is 1. The maximum absolute atomic E-state index is 14.9. The van der Waals surface area contributed by atoms with Crippen LogP contribution in [0, 0.1) is 17.7 Å². The zero-order chi connectivity index (χ0) is 21.9. The molecule has 1 saturated carbocycles. The van der Waals surface area contributed by atoms with Crippen LogP contribution in [-0.2, 0) is 16.8 Å². The number of rotatable bonds is 6. The number of halogens is 1. The standard InChI is InChI=1S/C25H24FN3O2S/c26-19-11-15(12-29-13-16(14-29)24(30)31)5-6-18(19)22-27-20-7-8-21(28-23(20)32-22)25(9-10-25)17-3-1-2-4-17/h5-11,16-17H,1-4,12-14H2,(H,30,31). The van der Waals surface area contributed by atoms with Gasteiger partial charge in [-0.1, -0.05) is 42.4 Å². The maximum atomic E-state index is 14.9. The number of nitrogens with zero attached hydrogens (tertiary/aromatic N) is 3. The topological polar surface area (TPSA) is 66.3 Å². The van der Waals surface area contributed by atoms with Gasteiger partial charge in [0.1, 0.15) is 21.2 Å². The van der Waals surface area contributed by atoms with Gasteiger partial charge >= 0.3 is 5.97 Å². The van der Waals surface area contributed by atoms with E-state index in [9.17, 15) is 9.18 Å². The fourth-order valence-corrected chi connectivity index (χ4v) is 6.23. The van der Waals surface area contributed by atoms with Gasteiger partial charge in [-0.3, -0.25) is 9.69 Å². The number of hydrogen-bond acceptors (Lipinski definition) is 5. The number of hydrogen-bond donors (Lipinski definition) is 1. The minimum atomic E-state index is -0.762. The summed E-state index contributed by atoms with van der Waals surface area (Å²) in [7, 11) is 0. The van der Waals surface area contributed by atoms with Crippen molar-refractivity contribution in [3.8, 4) is 10.6 Å². The van der Waals surface area contributed by atoms with Gasteiger partial charge in [-0.15, -0.1) is 0 Å². The van der Waals surface area contributed by atoms with E-state index in [-0.39, 0.29) is 17.2 Å². The van der Waals surface area contributed by atoms with Crippen LogP contribution >= 0.6 is 11.3 Å². The summed E-state index contributed by atoms with van der Waals surface area (Å²) in [6.07, 6.45) is 9.68. The minimum absolute atomic E-state index is 0.0260. The highest BCUT2D eigenvalue weighted by atomic mass is 32.1. The van der Waals surface area contributed by atoms with Crippen LogP contribution in [0.4, 0.5) is 4.39 Å². The van der Waals surface area contributed by atoms with Crippen LogP contribution in [0.3, 0.4) is 0 Å². The van der Waals surface area contributed by atoms with Crippen LogP contribution in [0.15, 0.2) is 42.5 Å². The summed E-state index contributed by atoms with van der Waals surface area (Å²) in [5, 5.41) is 9.64. The fourth-order valence-electron chi connectivity index (χ4n) is 5.26. The molecule has 164 valence electrons. The SMILES string of the molecule is O=C(O)C1CN(Cc2ccc(-c3nc4ccc(C5(C6CCCC6)C=C5)nc4s3)c(F)c2)C1. The van der Waals surface area contributed by atoms with Gasteiger partial charge in [-0.2, -0.15) is 0 Å². The molecule has 3 aromatic rings. The van der Waals surface area contributed by atoms with Gasteiger partial charge in [0.2, 0.25) is 0 Å². The summed E-state index contributed by atoms with van der Waals surface area (Å²) < 4.78 is 14.9. The number of likely N-dealkylation sites (tertiary alicyclic amines) is 1. The van der Waals surface area contributed by atoms with Gasteiger partial charge in [0.25, 0.3) is 0 Å². The second-order valence-electron chi connectivity index (χ2n) is 9.33. The molecule has 1 aromatic carbocycles. The van der Waals surface area contributed by atoms with Gasteiger partial charge in [0.15, 0.2) is 0 Å². The first-order chi connectivity index (χ1) is 15.5. The third-order valence-electron chi connectivity index (χ3n) is 7.23. The van der Waals surface area contributed by atoms with Crippen molar-refractivity contribution in [3.05, 3.63) is 59.6 Å². The molecular formula is C25H24FN3O2S. The molecule has 2 aliphatic carbocycles. The maximum Gasteiger partial charge on any atom is 0.309 e. The van der Waals surface area contributed by atoms with Crippen molar-refractivity contribution in [2.24, 2.45) is 11.8 Å². The van der Waals surface area contributed by atoms with Crippen LogP contribution in [0.2, 0.25) is 0 Å². The molecule has 0 amide bonds. The third-order valence-corrected chi connectivity index (χ3v) is 8.23. The van der Waals surface area contributed by atoms with Crippen molar-refractivity contribution in [2.45, 2.75) is 37.6 Å². The number of aromatic nitrogens is 2. The average molecular weight is 450 g/mol. The predicted octanol–water partition coefficient (Wildman–Crippen LogP) is 5.01. The molecule has 5 nitrogen and oxygen atoms in total. The minimum Gasteiger partial charge on any atom is -0.481 e. The van der Waals surface area contributed by atoms with Crippen LogP contribution in [-0.4, -0.2) is 39.0 Å². The second-order valence-corrected chi connectivity index (χ2v) is 10.3. The van der Waals surface area contributed by atoms with E-state index in [2.05, 4.69) is 23.2 Å². The first-order valence-corrected chi connectivity index (χ1v) is 12.1. The number of benzene rings is 1. The zero-order valence-electron chi connectivity index (χ0n) is 17.6. The number of thiazole rings is 1. The van der Waals surface area contributed by atoms with E-state index in [0.717, 1.165) is 21.6 Å². The number of carboxylic acid groups (broad SMARTS) is 1. The highest BCUT2D eigenvalue weighted by Gasteiger charge is 2.46. The molecule has 3 aliphatic rings. The Kier molecular flexibility index (Phi) is 4.66. The Balaban J connectivity index is 1.22. The lowest BCUT2D eigenvalue weighted by atomic mass is 9.82. The Bertz CT molecular complexity index is 1240. The Morgan fingerprint density at radius 1 is 1.16 bits per heavy atom. The molecule has 0 unspecified atom stereocenters. The number of allylic oxidation sites excluding steroid dienone is 2. The zero-order valence-corrected chi connectivity index (χ0v) is 18.4. The Morgan fingerprint density at radius 3 is 2.62 bits per heavy atom. The Labute approximate surface area is 189 Å². The molecule has 0 bridgehead atoms. The predicted molar refractivity (Wildman–Crippen MR) is 122 cm³/mol. The largest absolute Gasteiger partial charge is 0.481 e. The summed E-state index contributed by atoms with van der Waals surface area (Å²) in [6.45, 7) is 1.59. The summed E-state index contributed by atoms with van der Waals surface area (Å²) in [6, 6.07) is 9.32. The van der Waals surface area contributed by atoms with Gasteiger partial charge in [0, 0.05) is 25.2 Å². The van der Waals surface area contributed by atoms with Gasteiger partial charge < -0.3 is 5.11 Å². The Hall–Kier alpha value is -2.64. The molecule has 0 atom stereocenters. The van der Waals surface area contributed by atoms with E-state index in [4.69, 9.17) is 10.1 Å². The molecule has 1 aliphatic heterocycles. The van der Waals surface area contributed by atoms with Crippen LogP contribution < -0.4 is 0 Å². The number of pyridine rings is 1. The first-order valence-electron chi connectivity index (χ1n) is 11.2. The van der Waals surface area contributed by atoms with E-state index in [1.165, 1.54) is 43.1 Å². The van der Waals surface area contributed by atoms with Crippen molar-refractivity contribution in [1.29, 1.82) is 0 Å². The Morgan fingerprint density at radius 2 is 1.94 bits per heavy atom. The normalized spacial score (nSPS) is 20.7. The van der Waals surface area contributed by atoms with Crippen molar-refractivity contribution >= 4 is 27.7 Å². The van der Waals surface area contributed by atoms with Crippen LogP contribution in [0.5, 0.6) is 0 Å². The van der Waals surface area contributed by atoms with E-state index < -0.39 is 5.97 Å². The van der Waals surface area contributed by atoms with Crippen LogP contribution in [0.1, 0.15) is 36.9 Å². The van der Waals surface area contributed by atoms with Gasteiger partial charge in [-0.05, 0) is 48.6 Å². The molecule has 32 heavy (non-hydrogen) atoms. The van der Waals surface area contributed by atoms with Gasteiger partial charge in [-0.25, -0.2) is 14.4 Å². The van der Waals surface area contributed by atoms with E-state index >= 15 is 0 Å². The summed E-state index contributed by atoms with van der Waals surface area (Å²) in [4.78, 5) is 23.4. The molecular weight excluding hydrogens is 425 g/mol. The molecule has 2 fully saturated rings. The fraction of sp³-hybridized carbons (Fsp3) is 0.400. The van der Waals surface area contributed by atoms with Crippen molar-refractivity contribution in [3.63, 3.8) is 0 Å². The molecule has 1 N–H and O–H groups in total. The van der Waals surface area contributed by atoms with Gasteiger partial charge in [0.05, 0.1) is 17.0 Å². The lowest BCUT2D eigenvalue weighted by Crippen LogP contribution is -2.49. The quantitative estimate of drug-likeness (QED) is 0.536. The first kappa shape index (κ1) is 20.0. The lowest BCUT2D eigenvalue weighted by molar-refractivity contribution is -0.147. The smallest absolute Gasteiger partial charge is 0.309 e. The second kappa shape index (κ2) is 7.46. The highest BCUT2D eigenvalue weighted by Crippen LogP contribution is 2.51. The average Bonchev–Trinajstić information content (AvgIpc) is 3.17. The molecule has 3 heterocycles. The van der Waals surface area contributed by atoms with Crippen molar-refractivity contribution < 1.29 is 14.3 Å². The summed E-state index contributed by atoms with van der Waals surface area (Å²) in [5.41, 5.74) is 3.25. The van der Waals surface area contributed by atoms with E-state index in [1.54, 1.807) is 6.07 Å². The molecule has 7 heteroatoms. The number of aliphatic carboxylic acids is 1. The van der Waals surface area contributed by atoms with Crippen molar-refractivity contribution in [1.82, 2.24) is 14.9 Å². The molecule has 6 rings (SSSR count). The number of fused-ring (bicyclic) bond motifs is 1. The summed E-state index contributed by atoms with van der Waals surface area (Å²) >= 11 is 1.44. The highest BCUT2D eigenvalue weighted by molar-refractivity contribution is 7.21. The van der Waals surface area contributed by atoms with Crippen LogP contribution in [0.25, 0.3) is 20.9 Å². The van der Waals surface area contributed by atoms with E-state index in [1.807, 2.05) is 17.0 Å². The monoisotopic (exact) mass is 449 g/mol. The molecule has 1 saturated heterocycles. The summed E-state index contributed by atoms with van der Waals surface area (Å²) in [5.74, 6) is -0.717. The number of carboxylic acids is 1. The molecule has 0 spiro atoms. The lowest BCUT2D eigenvalue weighted by Gasteiger charge is -2.36. The molecule has 0 radical (unpaired) electrons.